The second kappa shape index (κ2) is 4.55. The summed E-state index contributed by atoms with van der Waals surface area (Å²) in [4.78, 5) is 0. The van der Waals surface area contributed by atoms with Crippen molar-refractivity contribution in [2.24, 2.45) is 0 Å². The van der Waals surface area contributed by atoms with Gasteiger partial charge in [0.25, 0.3) is 0 Å². The van der Waals surface area contributed by atoms with Gasteiger partial charge in [-0.05, 0) is 6.42 Å². The second-order valence-electron chi connectivity index (χ2n) is 2.65. The Morgan fingerprint density at radius 1 is 1.29 bits per heavy atom. The number of benzene rings is 1. The van der Waals surface area contributed by atoms with Crippen LogP contribution in [0.15, 0.2) is 6.07 Å². The first-order chi connectivity index (χ1) is 6.57. The van der Waals surface area contributed by atoms with Gasteiger partial charge in [-0.1, -0.05) is 18.5 Å². The van der Waals surface area contributed by atoms with E-state index in [4.69, 9.17) is 16.3 Å². The molecular weight excluding hydrogens is 217 g/mol. The molecule has 0 atom stereocenters. The largest absolute Gasteiger partial charge is 0.488 e. The van der Waals surface area contributed by atoms with Gasteiger partial charge in [-0.2, -0.15) is 0 Å². The van der Waals surface area contributed by atoms with E-state index < -0.39 is 28.2 Å². The number of hydrogen-bond acceptors (Lipinski definition) is 1. The van der Waals surface area contributed by atoms with E-state index >= 15 is 0 Å². The highest BCUT2D eigenvalue weighted by molar-refractivity contribution is 6.31. The van der Waals surface area contributed by atoms with Crippen LogP contribution < -0.4 is 4.74 Å². The molecule has 0 saturated heterocycles. The molecule has 0 unspecified atom stereocenters. The van der Waals surface area contributed by atoms with Crippen LogP contribution in [0, 0.1) is 17.5 Å². The molecule has 78 valence electrons. The zero-order valence-corrected chi connectivity index (χ0v) is 8.17. The highest BCUT2D eigenvalue weighted by atomic mass is 35.5. The third kappa shape index (κ3) is 2.12. The van der Waals surface area contributed by atoms with E-state index in [2.05, 4.69) is 0 Å². The highest BCUT2D eigenvalue weighted by Crippen LogP contribution is 2.30. The first kappa shape index (κ1) is 11.2. The fraction of sp³-hybridized carbons (Fsp3) is 0.333. The Labute approximate surface area is 84.4 Å². The minimum absolute atomic E-state index is 0.149. The average Bonchev–Trinajstić information content (AvgIpc) is 2.14. The minimum atomic E-state index is -1.20. The maximum absolute atomic E-state index is 13.1. The second-order valence-corrected chi connectivity index (χ2v) is 3.02. The number of ether oxygens (including phenoxy) is 1. The van der Waals surface area contributed by atoms with E-state index in [-0.39, 0.29) is 6.61 Å². The van der Waals surface area contributed by atoms with Crippen molar-refractivity contribution in [1.82, 2.24) is 0 Å². The van der Waals surface area contributed by atoms with Crippen LogP contribution in [0.25, 0.3) is 0 Å². The summed E-state index contributed by atoms with van der Waals surface area (Å²) < 4.78 is 43.5. The maximum Gasteiger partial charge on any atom is 0.192 e. The van der Waals surface area contributed by atoms with E-state index in [9.17, 15) is 13.2 Å². The van der Waals surface area contributed by atoms with E-state index in [1.54, 1.807) is 6.92 Å². The molecule has 0 N–H and O–H groups in total. The van der Waals surface area contributed by atoms with Crippen LogP contribution in [0.3, 0.4) is 0 Å². The molecular formula is C9H8ClF3O. The summed E-state index contributed by atoms with van der Waals surface area (Å²) in [5.41, 5.74) is 0. The normalized spacial score (nSPS) is 10.4. The molecule has 14 heavy (non-hydrogen) atoms. The van der Waals surface area contributed by atoms with Crippen molar-refractivity contribution in [3.8, 4) is 5.75 Å². The molecule has 0 aliphatic carbocycles. The molecule has 0 amide bonds. The molecule has 0 aliphatic rings. The molecule has 0 radical (unpaired) electrons. The summed E-state index contributed by atoms with van der Waals surface area (Å²) in [6.45, 7) is 1.93. The van der Waals surface area contributed by atoms with Gasteiger partial charge in [0.15, 0.2) is 17.4 Å². The van der Waals surface area contributed by atoms with Crippen molar-refractivity contribution >= 4 is 11.6 Å². The van der Waals surface area contributed by atoms with Crippen LogP contribution >= 0.6 is 11.6 Å². The van der Waals surface area contributed by atoms with Crippen LogP contribution in [0.2, 0.25) is 5.02 Å². The molecule has 0 spiro atoms. The van der Waals surface area contributed by atoms with Crippen molar-refractivity contribution in [3.05, 3.63) is 28.5 Å². The molecule has 0 heterocycles. The smallest absolute Gasteiger partial charge is 0.192 e. The third-order valence-electron chi connectivity index (χ3n) is 1.52. The monoisotopic (exact) mass is 224 g/mol. The molecule has 0 bridgehead atoms. The van der Waals surface area contributed by atoms with Gasteiger partial charge in [0.1, 0.15) is 10.8 Å². The van der Waals surface area contributed by atoms with Crippen LogP contribution in [0.4, 0.5) is 13.2 Å². The van der Waals surface area contributed by atoms with Crippen LogP contribution in [0.1, 0.15) is 13.3 Å². The van der Waals surface area contributed by atoms with Gasteiger partial charge in [-0.15, -0.1) is 0 Å². The lowest BCUT2D eigenvalue weighted by atomic mass is 10.3. The summed E-state index contributed by atoms with van der Waals surface area (Å²) in [5.74, 6) is -4.04. The first-order valence-corrected chi connectivity index (χ1v) is 4.41. The predicted molar refractivity (Wildman–Crippen MR) is 47.1 cm³/mol. The lowest BCUT2D eigenvalue weighted by Gasteiger charge is -2.08. The van der Waals surface area contributed by atoms with Crippen molar-refractivity contribution in [2.75, 3.05) is 6.61 Å². The Kier molecular flexibility index (Phi) is 3.63. The van der Waals surface area contributed by atoms with Crippen molar-refractivity contribution in [1.29, 1.82) is 0 Å². The molecule has 0 aliphatic heterocycles. The average molecular weight is 225 g/mol. The summed E-state index contributed by atoms with van der Waals surface area (Å²) in [6, 6.07) is 0.496. The summed E-state index contributed by atoms with van der Waals surface area (Å²) >= 11 is 5.24. The SMILES string of the molecule is CCCOc1c(F)cc(F)c(Cl)c1F. The van der Waals surface area contributed by atoms with Gasteiger partial charge in [0.2, 0.25) is 0 Å². The fourth-order valence-electron chi connectivity index (χ4n) is 0.886. The molecule has 1 nitrogen and oxygen atoms in total. The predicted octanol–water partition coefficient (Wildman–Crippen LogP) is 3.55. The highest BCUT2D eigenvalue weighted by Gasteiger charge is 2.18. The quantitative estimate of drug-likeness (QED) is 0.564. The van der Waals surface area contributed by atoms with Crippen molar-refractivity contribution < 1.29 is 17.9 Å². The standard InChI is InChI=1S/C9H8ClF3O/c1-2-3-14-9-6(12)4-5(11)7(10)8(9)13/h4H,2-3H2,1H3. The molecule has 1 rings (SSSR count). The Balaban J connectivity index is 3.09. The van der Waals surface area contributed by atoms with E-state index in [1.807, 2.05) is 0 Å². The van der Waals surface area contributed by atoms with E-state index in [1.165, 1.54) is 0 Å². The van der Waals surface area contributed by atoms with Gasteiger partial charge in [0, 0.05) is 6.07 Å². The lowest BCUT2D eigenvalue weighted by molar-refractivity contribution is 0.283. The zero-order valence-electron chi connectivity index (χ0n) is 7.41. The summed E-state index contributed by atoms with van der Waals surface area (Å²) in [6.07, 6.45) is 0.591. The van der Waals surface area contributed by atoms with Crippen LogP contribution in [-0.4, -0.2) is 6.61 Å². The maximum atomic E-state index is 13.1. The Morgan fingerprint density at radius 3 is 2.50 bits per heavy atom. The molecule has 0 fully saturated rings. The Bertz CT molecular complexity index is 341. The fourth-order valence-corrected chi connectivity index (χ4v) is 1.03. The van der Waals surface area contributed by atoms with Gasteiger partial charge >= 0.3 is 0 Å². The number of rotatable bonds is 3. The topological polar surface area (TPSA) is 9.23 Å². The first-order valence-electron chi connectivity index (χ1n) is 4.03. The number of halogens is 4. The van der Waals surface area contributed by atoms with Crippen molar-refractivity contribution in [3.63, 3.8) is 0 Å². The van der Waals surface area contributed by atoms with Crippen LogP contribution in [-0.2, 0) is 0 Å². The molecule has 1 aromatic carbocycles. The summed E-state index contributed by atoms with van der Waals surface area (Å²) in [5, 5.41) is -0.752. The zero-order chi connectivity index (χ0) is 10.7. The lowest BCUT2D eigenvalue weighted by Crippen LogP contribution is -2.01. The van der Waals surface area contributed by atoms with Gasteiger partial charge < -0.3 is 4.74 Å². The van der Waals surface area contributed by atoms with Gasteiger partial charge in [-0.3, -0.25) is 0 Å². The molecule has 5 heteroatoms. The summed E-state index contributed by atoms with van der Waals surface area (Å²) in [7, 11) is 0. The number of hydrogen-bond donors (Lipinski definition) is 0. The van der Waals surface area contributed by atoms with E-state index in [0.29, 0.717) is 12.5 Å². The molecule has 0 aromatic heterocycles. The molecule has 1 aromatic rings. The van der Waals surface area contributed by atoms with E-state index in [0.717, 1.165) is 0 Å². The third-order valence-corrected chi connectivity index (χ3v) is 1.87. The minimum Gasteiger partial charge on any atom is -0.488 e. The Morgan fingerprint density at radius 2 is 1.93 bits per heavy atom. The Hall–Kier alpha value is -0.900. The molecule has 0 saturated carbocycles. The van der Waals surface area contributed by atoms with Gasteiger partial charge in [0.05, 0.1) is 6.61 Å². The van der Waals surface area contributed by atoms with Crippen molar-refractivity contribution in [2.45, 2.75) is 13.3 Å². The van der Waals surface area contributed by atoms with Gasteiger partial charge in [-0.25, -0.2) is 13.2 Å². The van der Waals surface area contributed by atoms with Crippen LogP contribution in [0.5, 0.6) is 5.75 Å².